The van der Waals surface area contributed by atoms with Crippen molar-refractivity contribution in [3.05, 3.63) is 0 Å². The van der Waals surface area contributed by atoms with E-state index in [1.165, 1.54) is 32.1 Å². The molecule has 0 aromatic carbocycles. The van der Waals surface area contributed by atoms with Gasteiger partial charge in [-0.15, -0.1) is 0 Å². The summed E-state index contributed by atoms with van der Waals surface area (Å²) in [4.78, 5) is 14.7. The SMILES string of the molecule is CC(C)N(CC1CCCCN1)C(=O)C1CCCC1. The van der Waals surface area contributed by atoms with E-state index in [0.29, 0.717) is 23.9 Å². The predicted octanol–water partition coefficient (Wildman–Crippen LogP) is 2.56. The lowest BCUT2D eigenvalue weighted by Gasteiger charge is -2.34. The van der Waals surface area contributed by atoms with Crippen molar-refractivity contribution >= 4 is 5.91 Å². The Morgan fingerprint density at radius 3 is 2.39 bits per heavy atom. The van der Waals surface area contributed by atoms with Gasteiger partial charge in [-0.05, 0) is 46.1 Å². The summed E-state index contributed by atoms with van der Waals surface area (Å²) in [5.41, 5.74) is 0. The third-order valence-electron chi connectivity index (χ3n) is 4.44. The number of hydrogen-bond donors (Lipinski definition) is 1. The van der Waals surface area contributed by atoms with Crippen molar-refractivity contribution in [2.45, 2.75) is 70.9 Å². The van der Waals surface area contributed by atoms with Crippen LogP contribution in [-0.4, -0.2) is 36.0 Å². The van der Waals surface area contributed by atoms with Crippen LogP contribution in [-0.2, 0) is 4.79 Å². The van der Waals surface area contributed by atoms with E-state index < -0.39 is 0 Å². The van der Waals surface area contributed by atoms with Crippen LogP contribution in [0.3, 0.4) is 0 Å². The molecule has 3 heteroatoms. The molecule has 2 rings (SSSR count). The maximum atomic E-state index is 12.6. The Labute approximate surface area is 111 Å². The molecule has 1 unspecified atom stereocenters. The van der Waals surface area contributed by atoms with Gasteiger partial charge in [-0.3, -0.25) is 4.79 Å². The number of hydrogen-bond acceptors (Lipinski definition) is 2. The fourth-order valence-electron chi connectivity index (χ4n) is 3.28. The lowest BCUT2D eigenvalue weighted by Crippen LogP contribution is -2.49. The van der Waals surface area contributed by atoms with Gasteiger partial charge in [0.25, 0.3) is 0 Å². The van der Waals surface area contributed by atoms with Gasteiger partial charge in [0.15, 0.2) is 0 Å². The van der Waals surface area contributed by atoms with E-state index in [1.54, 1.807) is 0 Å². The van der Waals surface area contributed by atoms with Crippen LogP contribution in [0.4, 0.5) is 0 Å². The summed E-state index contributed by atoms with van der Waals surface area (Å²) in [6.45, 7) is 6.33. The van der Waals surface area contributed by atoms with Crippen molar-refractivity contribution in [1.29, 1.82) is 0 Å². The molecule has 1 saturated carbocycles. The van der Waals surface area contributed by atoms with Gasteiger partial charge in [0.1, 0.15) is 0 Å². The largest absolute Gasteiger partial charge is 0.338 e. The summed E-state index contributed by atoms with van der Waals surface area (Å²) in [6, 6.07) is 0.855. The highest BCUT2D eigenvalue weighted by Crippen LogP contribution is 2.27. The Kier molecular flexibility index (Phi) is 5.04. The molecule has 0 aromatic heterocycles. The molecule has 1 aliphatic heterocycles. The van der Waals surface area contributed by atoms with Crippen LogP contribution in [0.1, 0.15) is 58.8 Å². The lowest BCUT2D eigenvalue weighted by molar-refractivity contribution is -0.137. The molecule has 0 spiro atoms. The van der Waals surface area contributed by atoms with Crippen LogP contribution in [0.15, 0.2) is 0 Å². The Bertz CT molecular complexity index is 266. The smallest absolute Gasteiger partial charge is 0.225 e. The van der Waals surface area contributed by atoms with Gasteiger partial charge in [-0.25, -0.2) is 0 Å². The minimum atomic E-state index is 0.316. The Balaban J connectivity index is 1.91. The third-order valence-corrected chi connectivity index (χ3v) is 4.44. The van der Waals surface area contributed by atoms with Gasteiger partial charge in [0.2, 0.25) is 5.91 Å². The second kappa shape index (κ2) is 6.55. The minimum absolute atomic E-state index is 0.316. The fourth-order valence-corrected chi connectivity index (χ4v) is 3.28. The van der Waals surface area contributed by atoms with Crippen molar-refractivity contribution in [1.82, 2.24) is 10.2 Å². The van der Waals surface area contributed by atoms with E-state index in [9.17, 15) is 4.79 Å². The topological polar surface area (TPSA) is 32.3 Å². The number of piperidine rings is 1. The molecular weight excluding hydrogens is 224 g/mol. The molecule has 0 bridgehead atoms. The molecule has 1 amide bonds. The molecular formula is C15H28N2O. The second-order valence-electron chi connectivity index (χ2n) is 6.21. The van der Waals surface area contributed by atoms with E-state index in [2.05, 4.69) is 24.1 Å². The predicted molar refractivity (Wildman–Crippen MR) is 74.4 cm³/mol. The Morgan fingerprint density at radius 1 is 1.17 bits per heavy atom. The molecule has 1 heterocycles. The zero-order valence-corrected chi connectivity index (χ0v) is 12.0. The molecule has 104 valence electrons. The van der Waals surface area contributed by atoms with Crippen molar-refractivity contribution in [2.24, 2.45) is 5.92 Å². The van der Waals surface area contributed by atoms with Crippen LogP contribution in [0.5, 0.6) is 0 Å². The summed E-state index contributed by atoms with van der Waals surface area (Å²) in [7, 11) is 0. The summed E-state index contributed by atoms with van der Waals surface area (Å²) < 4.78 is 0. The molecule has 1 atom stereocenters. The maximum Gasteiger partial charge on any atom is 0.225 e. The van der Waals surface area contributed by atoms with Gasteiger partial charge >= 0.3 is 0 Å². The third kappa shape index (κ3) is 3.47. The van der Waals surface area contributed by atoms with Crippen LogP contribution >= 0.6 is 0 Å². The van der Waals surface area contributed by atoms with Crippen molar-refractivity contribution in [3.63, 3.8) is 0 Å². The van der Waals surface area contributed by atoms with E-state index in [-0.39, 0.29) is 0 Å². The summed E-state index contributed by atoms with van der Waals surface area (Å²) in [6.07, 6.45) is 8.52. The average Bonchev–Trinajstić information content (AvgIpc) is 2.90. The molecule has 1 saturated heterocycles. The first-order valence-electron chi connectivity index (χ1n) is 7.72. The number of nitrogens with one attached hydrogen (secondary N) is 1. The molecule has 0 radical (unpaired) electrons. The Morgan fingerprint density at radius 2 is 1.83 bits per heavy atom. The van der Waals surface area contributed by atoms with Crippen molar-refractivity contribution < 1.29 is 4.79 Å². The van der Waals surface area contributed by atoms with Gasteiger partial charge in [-0.1, -0.05) is 19.3 Å². The molecule has 2 fully saturated rings. The standard InChI is InChI=1S/C15H28N2O/c1-12(2)17(11-14-9-5-6-10-16-14)15(18)13-7-3-4-8-13/h12-14,16H,3-11H2,1-2H3. The first-order chi connectivity index (χ1) is 8.68. The average molecular weight is 252 g/mol. The zero-order valence-electron chi connectivity index (χ0n) is 12.0. The monoisotopic (exact) mass is 252 g/mol. The van der Waals surface area contributed by atoms with E-state index in [4.69, 9.17) is 0 Å². The number of carbonyl (C=O) groups is 1. The zero-order chi connectivity index (χ0) is 13.0. The molecule has 0 aromatic rings. The van der Waals surface area contributed by atoms with Crippen LogP contribution in [0, 0.1) is 5.92 Å². The van der Waals surface area contributed by atoms with E-state index >= 15 is 0 Å². The highest BCUT2D eigenvalue weighted by molar-refractivity contribution is 5.79. The highest BCUT2D eigenvalue weighted by Gasteiger charge is 2.30. The van der Waals surface area contributed by atoms with E-state index in [1.807, 2.05) is 0 Å². The second-order valence-corrected chi connectivity index (χ2v) is 6.21. The molecule has 18 heavy (non-hydrogen) atoms. The molecule has 2 aliphatic rings. The van der Waals surface area contributed by atoms with Gasteiger partial charge in [-0.2, -0.15) is 0 Å². The van der Waals surface area contributed by atoms with Crippen LogP contribution < -0.4 is 5.32 Å². The molecule has 1 N–H and O–H groups in total. The molecule has 1 aliphatic carbocycles. The van der Waals surface area contributed by atoms with Gasteiger partial charge in [0, 0.05) is 24.5 Å². The number of rotatable bonds is 4. The quantitative estimate of drug-likeness (QED) is 0.834. The number of amides is 1. The Hall–Kier alpha value is -0.570. The molecule has 3 nitrogen and oxygen atoms in total. The first kappa shape index (κ1) is 13.9. The van der Waals surface area contributed by atoms with Crippen molar-refractivity contribution in [2.75, 3.05) is 13.1 Å². The van der Waals surface area contributed by atoms with Crippen molar-refractivity contribution in [3.8, 4) is 0 Å². The lowest BCUT2D eigenvalue weighted by atomic mass is 10.0. The first-order valence-corrected chi connectivity index (χ1v) is 7.72. The fraction of sp³-hybridized carbons (Fsp3) is 0.933. The summed E-state index contributed by atoms with van der Waals surface area (Å²) in [5.74, 6) is 0.728. The van der Waals surface area contributed by atoms with Gasteiger partial charge in [0.05, 0.1) is 0 Å². The number of carbonyl (C=O) groups excluding carboxylic acids is 1. The highest BCUT2D eigenvalue weighted by atomic mass is 16.2. The number of nitrogens with zero attached hydrogens (tertiary/aromatic N) is 1. The maximum absolute atomic E-state index is 12.6. The van der Waals surface area contributed by atoms with Crippen LogP contribution in [0.2, 0.25) is 0 Å². The van der Waals surface area contributed by atoms with Crippen LogP contribution in [0.25, 0.3) is 0 Å². The summed E-state index contributed by atoms with van der Waals surface area (Å²) in [5, 5.41) is 3.56. The summed E-state index contributed by atoms with van der Waals surface area (Å²) >= 11 is 0. The normalized spacial score (nSPS) is 25.6. The van der Waals surface area contributed by atoms with Gasteiger partial charge < -0.3 is 10.2 Å². The minimum Gasteiger partial charge on any atom is -0.338 e. The van der Waals surface area contributed by atoms with E-state index in [0.717, 1.165) is 25.9 Å².